The van der Waals surface area contributed by atoms with E-state index < -0.39 is 0 Å². The van der Waals surface area contributed by atoms with Crippen LogP contribution in [0.15, 0.2) is 40.8 Å². The first-order valence-electron chi connectivity index (χ1n) is 6.17. The van der Waals surface area contributed by atoms with Crippen molar-refractivity contribution in [3.63, 3.8) is 0 Å². The van der Waals surface area contributed by atoms with Gasteiger partial charge in [-0.05, 0) is 43.3 Å². The predicted molar refractivity (Wildman–Crippen MR) is 75.4 cm³/mol. The Hall–Kier alpha value is -2.23. The van der Waals surface area contributed by atoms with Gasteiger partial charge in [-0.25, -0.2) is 0 Å². The molecule has 1 amide bonds. The Labute approximate surface area is 113 Å². The van der Waals surface area contributed by atoms with Gasteiger partial charge in [-0.15, -0.1) is 0 Å². The van der Waals surface area contributed by atoms with Crippen LogP contribution >= 0.6 is 0 Å². The summed E-state index contributed by atoms with van der Waals surface area (Å²) in [6, 6.07) is 11.2. The van der Waals surface area contributed by atoms with Crippen LogP contribution in [0.3, 0.4) is 0 Å². The standard InChI is InChI=1S/C15H18N2O2/c1-11-4-9-14(19-11)10-16-15(18)12-5-7-13(8-6-12)17(2)3/h4-9H,10H2,1-3H3,(H,16,18). The van der Waals surface area contributed by atoms with Gasteiger partial charge in [0.15, 0.2) is 0 Å². The minimum atomic E-state index is -0.0978. The lowest BCUT2D eigenvalue weighted by molar-refractivity contribution is 0.0948. The lowest BCUT2D eigenvalue weighted by Crippen LogP contribution is -2.22. The van der Waals surface area contributed by atoms with E-state index in [0.29, 0.717) is 12.1 Å². The molecule has 1 aromatic carbocycles. The number of carbonyl (C=O) groups is 1. The summed E-state index contributed by atoms with van der Waals surface area (Å²) in [5.74, 6) is 1.51. The molecule has 2 rings (SSSR count). The second-order valence-electron chi connectivity index (χ2n) is 4.64. The van der Waals surface area contributed by atoms with Crippen LogP contribution in [0.1, 0.15) is 21.9 Å². The van der Waals surface area contributed by atoms with E-state index >= 15 is 0 Å². The van der Waals surface area contributed by atoms with E-state index in [-0.39, 0.29) is 5.91 Å². The van der Waals surface area contributed by atoms with E-state index in [9.17, 15) is 4.79 Å². The summed E-state index contributed by atoms with van der Waals surface area (Å²) in [7, 11) is 3.93. The van der Waals surface area contributed by atoms with Crippen LogP contribution < -0.4 is 10.2 Å². The third-order valence-corrected chi connectivity index (χ3v) is 2.87. The Bertz CT molecular complexity index is 556. The Balaban J connectivity index is 1.96. The molecule has 0 atom stereocenters. The fourth-order valence-corrected chi connectivity index (χ4v) is 1.76. The van der Waals surface area contributed by atoms with Gasteiger partial charge in [-0.1, -0.05) is 0 Å². The number of amides is 1. The van der Waals surface area contributed by atoms with Crippen molar-refractivity contribution in [2.45, 2.75) is 13.5 Å². The van der Waals surface area contributed by atoms with Crippen molar-refractivity contribution in [3.8, 4) is 0 Å². The van der Waals surface area contributed by atoms with E-state index in [2.05, 4.69) is 5.32 Å². The van der Waals surface area contributed by atoms with E-state index in [1.54, 1.807) is 0 Å². The summed E-state index contributed by atoms with van der Waals surface area (Å²) in [5, 5.41) is 2.83. The van der Waals surface area contributed by atoms with Crippen molar-refractivity contribution in [2.75, 3.05) is 19.0 Å². The number of carbonyl (C=O) groups excluding carboxylic acids is 1. The molecule has 1 aromatic heterocycles. The fourth-order valence-electron chi connectivity index (χ4n) is 1.76. The molecule has 0 saturated heterocycles. The van der Waals surface area contributed by atoms with Gasteiger partial charge >= 0.3 is 0 Å². The molecule has 0 aliphatic heterocycles. The zero-order valence-electron chi connectivity index (χ0n) is 11.4. The molecule has 4 nitrogen and oxygen atoms in total. The van der Waals surface area contributed by atoms with Crippen LogP contribution in [0.5, 0.6) is 0 Å². The molecule has 100 valence electrons. The van der Waals surface area contributed by atoms with E-state index in [1.165, 1.54) is 0 Å². The molecule has 4 heteroatoms. The highest BCUT2D eigenvalue weighted by molar-refractivity contribution is 5.94. The summed E-state index contributed by atoms with van der Waals surface area (Å²) < 4.78 is 5.40. The molecule has 0 aliphatic carbocycles. The summed E-state index contributed by atoms with van der Waals surface area (Å²) in [4.78, 5) is 13.9. The molecular formula is C15H18N2O2. The van der Waals surface area contributed by atoms with Gasteiger partial charge in [0.25, 0.3) is 5.91 Å². The van der Waals surface area contributed by atoms with Gasteiger partial charge in [0.1, 0.15) is 11.5 Å². The maximum absolute atomic E-state index is 11.9. The van der Waals surface area contributed by atoms with Crippen molar-refractivity contribution in [2.24, 2.45) is 0 Å². The van der Waals surface area contributed by atoms with Crippen LogP contribution in [0.2, 0.25) is 0 Å². The maximum atomic E-state index is 11.9. The first-order chi connectivity index (χ1) is 9.06. The highest BCUT2D eigenvalue weighted by Crippen LogP contribution is 2.12. The van der Waals surface area contributed by atoms with Crippen LogP contribution in [-0.2, 0) is 6.54 Å². The molecule has 0 bridgehead atoms. The Kier molecular flexibility index (Phi) is 3.90. The highest BCUT2D eigenvalue weighted by atomic mass is 16.3. The smallest absolute Gasteiger partial charge is 0.251 e. The van der Waals surface area contributed by atoms with Crippen LogP contribution in [0, 0.1) is 6.92 Å². The van der Waals surface area contributed by atoms with Crippen LogP contribution in [-0.4, -0.2) is 20.0 Å². The van der Waals surface area contributed by atoms with Gasteiger partial charge < -0.3 is 14.6 Å². The number of anilines is 1. The van der Waals surface area contributed by atoms with Crippen molar-refractivity contribution in [1.82, 2.24) is 5.32 Å². The molecule has 1 N–H and O–H groups in total. The lowest BCUT2D eigenvalue weighted by atomic mass is 10.2. The first kappa shape index (κ1) is 13.2. The molecule has 0 radical (unpaired) electrons. The molecule has 0 fully saturated rings. The van der Waals surface area contributed by atoms with Crippen molar-refractivity contribution in [3.05, 3.63) is 53.5 Å². The number of hydrogen-bond donors (Lipinski definition) is 1. The van der Waals surface area contributed by atoms with Crippen molar-refractivity contribution >= 4 is 11.6 Å². The Morgan fingerprint density at radius 3 is 2.37 bits per heavy atom. The highest BCUT2D eigenvalue weighted by Gasteiger charge is 2.07. The molecular weight excluding hydrogens is 240 g/mol. The molecule has 0 spiro atoms. The number of furan rings is 1. The van der Waals surface area contributed by atoms with Gasteiger partial charge in [-0.3, -0.25) is 4.79 Å². The third kappa shape index (κ3) is 3.37. The first-order valence-corrected chi connectivity index (χ1v) is 6.17. The van der Waals surface area contributed by atoms with Gasteiger partial charge in [0.05, 0.1) is 6.54 Å². The normalized spacial score (nSPS) is 10.3. The summed E-state index contributed by atoms with van der Waals surface area (Å²) in [6.45, 7) is 2.29. The topological polar surface area (TPSA) is 45.5 Å². The number of benzene rings is 1. The second kappa shape index (κ2) is 5.61. The average molecular weight is 258 g/mol. The number of nitrogens with zero attached hydrogens (tertiary/aromatic N) is 1. The van der Waals surface area contributed by atoms with Crippen molar-refractivity contribution < 1.29 is 9.21 Å². The molecule has 0 unspecified atom stereocenters. The Morgan fingerprint density at radius 2 is 1.84 bits per heavy atom. The minimum absolute atomic E-state index is 0.0978. The second-order valence-corrected chi connectivity index (χ2v) is 4.64. The number of hydrogen-bond acceptors (Lipinski definition) is 3. The van der Waals surface area contributed by atoms with Crippen molar-refractivity contribution in [1.29, 1.82) is 0 Å². The third-order valence-electron chi connectivity index (χ3n) is 2.87. The van der Waals surface area contributed by atoms with Gasteiger partial charge in [-0.2, -0.15) is 0 Å². The molecule has 19 heavy (non-hydrogen) atoms. The van der Waals surface area contributed by atoms with Crippen LogP contribution in [0.4, 0.5) is 5.69 Å². The zero-order valence-corrected chi connectivity index (χ0v) is 11.4. The molecule has 1 heterocycles. The monoisotopic (exact) mass is 258 g/mol. The number of aryl methyl sites for hydroxylation is 1. The Morgan fingerprint density at radius 1 is 1.16 bits per heavy atom. The molecule has 0 aliphatic rings. The summed E-state index contributed by atoms with van der Waals surface area (Å²) in [6.07, 6.45) is 0. The largest absolute Gasteiger partial charge is 0.465 e. The van der Waals surface area contributed by atoms with Gasteiger partial charge in [0, 0.05) is 25.3 Å². The predicted octanol–water partition coefficient (Wildman–Crippen LogP) is 2.58. The quantitative estimate of drug-likeness (QED) is 0.916. The fraction of sp³-hybridized carbons (Fsp3) is 0.267. The summed E-state index contributed by atoms with van der Waals surface area (Å²) >= 11 is 0. The SMILES string of the molecule is Cc1ccc(CNC(=O)c2ccc(N(C)C)cc2)o1. The summed E-state index contributed by atoms with van der Waals surface area (Å²) in [5.41, 5.74) is 1.71. The minimum Gasteiger partial charge on any atom is -0.465 e. The zero-order chi connectivity index (χ0) is 13.8. The van der Waals surface area contributed by atoms with Crippen LogP contribution in [0.25, 0.3) is 0 Å². The van der Waals surface area contributed by atoms with E-state index in [4.69, 9.17) is 4.42 Å². The number of rotatable bonds is 4. The molecule has 0 saturated carbocycles. The van der Waals surface area contributed by atoms with E-state index in [1.807, 2.05) is 62.3 Å². The van der Waals surface area contributed by atoms with E-state index in [0.717, 1.165) is 17.2 Å². The maximum Gasteiger partial charge on any atom is 0.251 e. The lowest BCUT2D eigenvalue weighted by Gasteiger charge is -2.12. The number of nitrogens with one attached hydrogen (secondary N) is 1. The average Bonchev–Trinajstić information content (AvgIpc) is 2.82. The molecule has 2 aromatic rings. The van der Waals surface area contributed by atoms with Gasteiger partial charge in [0.2, 0.25) is 0 Å².